The summed E-state index contributed by atoms with van der Waals surface area (Å²) in [7, 11) is 1.87. The van der Waals surface area contributed by atoms with Crippen molar-refractivity contribution in [2.24, 2.45) is 0 Å². The van der Waals surface area contributed by atoms with Gasteiger partial charge in [-0.25, -0.2) is 0 Å². The largest absolute Gasteiger partial charge is 0.337 e. The van der Waals surface area contributed by atoms with Crippen LogP contribution in [0.2, 0.25) is 0 Å². The fourth-order valence-corrected chi connectivity index (χ4v) is 2.14. The zero-order valence-electron chi connectivity index (χ0n) is 12.0. The first-order chi connectivity index (χ1) is 8.39. The van der Waals surface area contributed by atoms with Crippen molar-refractivity contribution in [2.75, 3.05) is 20.1 Å². The molecule has 1 aliphatic heterocycles. The molecule has 1 saturated heterocycles. The highest BCUT2D eigenvalue weighted by Gasteiger charge is 2.25. The van der Waals surface area contributed by atoms with Crippen LogP contribution in [0.5, 0.6) is 0 Å². The van der Waals surface area contributed by atoms with Gasteiger partial charge in [-0.3, -0.25) is 9.48 Å². The van der Waals surface area contributed by atoms with Crippen molar-refractivity contribution >= 4 is 18.3 Å². The summed E-state index contributed by atoms with van der Waals surface area (Å²) in [6.45, 7) is 8.08. The van der Waals surface area contributed by atoms with Gasteiger partial charge in [-0.05, 0) is 33.7 Å². The molecule has 108 valence electrons. The van der Waals surface area contributed by atoms with Gasteiger partial charge in [-0.1, -0.05) is 0 Å². The summed E-state index contributed by atoms with van der Waals surface area (Å²) in [6, 6.07) is 0.301. The van der Waals surface area contributed by atoms with Crippen LogP contribution in [-0.4, -0.2) is 46.8 Å². The van der Waals surface area contributed by atoms with E-state index in [2.05, 4.69) is 31.2 Å². The third kappa shape index (κ3) is 3.48. The van der Waals surface area contributed by atoms with E-state index < -0.39 is 0 Å². The lowest BCUT2D eigenvalue weighted by atomic mass is 10.1. The Bertz CT molecular complexity index is 432. The van der Waals surface area contributed by atoms with E-state index in [1.165, 1.54) is 0 Å². The van der Waals surface area contributed by atoms with Crippen LogP contribution in [0.1, 0.15) is 37.6 Å². The second kappa shape index (κ2) is 5.92. The van der Waals surface area contributed by atoms with Gasteiger partial charge in [0.2, 0.25) is 0 Å². The van der Waals surface area contributed by atoms with E-state index in [4.69, 9.17) is 0 Å². The monoisotopic (exact) mass is 286 g/mol. The number of carbonyl (C=O) groups excluding carboxylic acids is 1. The predicted molar refractivity (Wildman–Crippen MR) is 77.8 cm³/mol. The number of likely N-dealkylation sites (N-methyl/N-ethyl adjacent to an activating group) is 1. The summed E-state index contributed by atoms with van der Waals surface area (Å²) in [5, 5.41) is 7.55. The zero-order chi connectivity index (χ0) is 13.3. The van der Waals surface area contributed by atoms with Gasteiger partial charge in [0.25, 0.3) is 5.91 Å². The van der Waals surface area contributed by atoms with Gasteiger partial charge >= 0.3 is 0 Å². The molecule has 1 fully saturated rings. The molecule has 5 nitrogen and oxygen atoms in total. The first-order valence-corrected chi connectivity index (χ1v) is 6.42. The van der Waals surface area contributed by atoms with E-state index >= 15 is 0 Å². The second-order valence-corrected chi connectivity index (χ2v) is 5.91. The molecule has 1 atom stereocenters. The minimum absolute atomic E-state index is 0. The number of rotatable bonds is 2. The van der Waals surface area contributed by atoms with Crippen LogP contribution in [0, 0.1) is 0 Å². The molecule has 1 aromatic heterocycles. The second-order valence-electron chi connectivity index (χ2n) is 5.91. The lowest BCUT2D eigenvalue weighted by molar-refractivity contribution is 0.0743. The zero-order valence-corrected chi connectivity index (χ0v) is 12.8. The topological polar surface area (TPSA) is 50.2 Å². The van der Waals surface area contributed by atoms with Gasteiger partial charge in [-0.2, -0.15) is 5.10 Å². The lowest BCUT2D eigenvalue weighted by Crippen LogP contribution is -2.38. The first kappa shape index (κ1) is 16.0. The van der Waals surface area contributed by atoms with Crippen LogP contribution >= 0.6 is 12.4 Å². The molecule has 0 radical (unpaired) electrons. The van der Waals surface area contributed by atoms with E-state index in [0.717, 1.165) is 19.5 Å². The van der Waals surface area contributed by atoms with Crippen molar-refractivity contribution in [3.63, 3.8) is 0 Å². The number of hydrogen-bond acceptors (Lipinski definition) is 3. The van der Waals surface area contributed by atoms with Gasteiger partial charge < -0.3 is 10.2 Å². The fourth-order valence-electron chi connectivity index (χ4n) is 2.14. The summed E-state index contributed by atoms with van der Waals surface area (Å²) < 4.78 is 1.83. The molecule has 2 rings (SSSR count). The highest BCUT2D eigenvalue weighted by Crippen LogP contribution is 2.15. The summed E-state index contributed by atoms with van der Waals surface area (Å²) in [4.78, 5) is 14.1. The minimum atomic E-state index is -0.0913. The van der Waals surface area contributed by atoms with Gasteiger partial charge in [0.15, 0.2) is 0 Å². The molecule has 6 heteroatoms. The van der Waals surface area contributed by atoms with Gasteiger partial charge in [0.05, 0.1) is 17.3 Å². The van der Waals surface area contributed by atoms with Gasteiger partial charge in [-0.15, -0.1) is 12.4 Å². The van der Waals surface area contributed by atoms with Crippen LogP contribution in [-0.2, 0) is 5.54 Å². The van der Waals surface area contributed by atoms with Crippen molar-refractivity contribution in [2.45, 2.75) is 38.8 Å². The smallest absolute Gasteiger partial charge is 0.257 e. The highest BCUT2D eigenvalue weighted by atomic mass is 35.5. The number of carbonyl (C=O) groups is 1. The third-order valence-electron chi connectivity index (χ3n) is 3.42. The van der Waals surface area contributed by atoms with Crippen LogP contribution in [0.3, 0.4) is 0 Å². The number of amides is 1. The molecular formula is C13H23ClN4O. The average Bonchev–Trinajstić information content (AvgIpc) is 2.96. The van der Waals surface area contributed by atoms with Gasteiger partial charge in [0.1, 0.15) is 0 Å². The third-order valence-corrected chi connectivity index (χ3v) is 3.42. The maximum absolute atomic E-state index is 12.3. The standard InChI is InChI=1S/C13H22N4O.ClH/c1-13(2,3)17-9-10(7-15-17)12(18)16(4)11-5-6-14-8-11;/h7,9,11,14H,5-6,8H2,1-4H3;1H. The van der Waals surface area contributed by atoms with E-state index in [-0.39, 0.29) is 23.9 Å². The van der Waals surface area contributed by atoms with Crippen molar-refractivity contribution in [3.8, 4) is 0 Å². The average molecular weight is 287 g/mol. The Morgan fingerprint density at radius 1 is 1.53 bits per heavy atom. The van der Waals surface area contributed by atoms with Crippen molar-refractivity contribution in [1.29, 1.82) is 0 Å². The molecule has 0 saturated carbocycles. The Balaban J connectivity index is 0.00000180. The summed E-state index contributed by atoms with van der Waals surface area (Å²) >= 11 is 0. The van der Waals surface area contributed by atoms with Crippen LogP contribution in [0.15, 0.2) is 12.4 Å². The van der Waals surface area contributed by atoms with E-state index in [0.29, 0.717) is 11.6 Å². The van der Waals surface area contributed by atoms with E-state index in [1.807, 2.05) is 22.8 Å². The molecule has 2 heterocycles. The minimum Gasteiger partial charge on any atom is -0.337 e. The van der Waals surface area contributed by atoms with Crippen LogP contribution in [0.25, 0.3) is 0 Å². The quantitative estimate of drug-likeness (QED) is 0.896. The lowest BCUT2D eigenvalue weighted by Gasteiger charge is -2.23. The summed E-state index contributed by atoms with van der Waals surface area (Å²) in [6.07, 6.45) is 4.52. The van der Waals surface area contributed by atoms with Gasteiger partial charge in [0, 0.05) is 25.8 Å². The predicted octanol–water partition coefficient (Wildman–Crippen LogP) is 1.49. The Hall–Kier alpha value is -1.07. The van der Waals surface area contributed by atoms with Crippen molar-refractivity contribution in [3.05, 3.63) is 18.0 Å². The van der Waals surface area contributed by atoms with Crippen LogP contribution < -0.4 is 5.32 Å². The molecule has 1 unspecified atom stereocenters. The molecule has 1 amide bonds. The maximum Gasteiger partial charge on any atom is 0.257 e. The van der Waals surface area contributed by atoms with Crippen molar-refractivity contribution in [1.82, 2.24) is 20.0 Å². The molecule has 0 aliphatic carbocycles. The first-order valence-electron chi connectivity index (χ1n) is 6.42. The summed E-state index contributed by atoms with van der Waals surface area (Å²) in [5.74, 6) is 0.0548. The number of nitrogens with one attached hydrogen (secondary N) is 1. The number of nitrogens with zero attached hydrogens (tertiary/aromatic N) is 3. The number of hydrogen-bond donors (Lipinski definition) is 1. The van der Waals surface area contributed by atoms with E-state index in [1.54, 1.807) is 6.20 Å². The number of halogens is 1. The molecular weight excluding hydrogens is 264 g/mol. The molecule has 0 aromatic carbocycles. The molecule has 1 aliphatic rings. The van der Waals surface area contributed by atoms with Crippen molar-refractivity contribution < 1.29 is 4.79 Å². The molecule has 0 bridgehead atoms. The Kier molecular flexibility index (Phi) is 4.98. The Morgan fingerprint density at radius 2 is 2.21 bits per heavy atom. The van der Waals surface area contributed by atoms with E-state index in [9.17, 15) is 4.79 Å². The molecule has 19 heavy (non-hydrogen) atoms. The Morgan fingerprint density at radius 3 is 2.68 bits per heavy atom. The van der Waals surface area contributed by atoms with Crippen LogP contribution in [0.4, 0.5) is 0 Å². The molecule has 0 spiro atoms. The highest BCUT2D eigenvalue weighted by molar-refractivity contribution is 5.93. The normalized spacial score (nSPS) is 19.1. The summed E-state index contributed by atoms with van der Waals surface area (Å²) in [5.41, 5.74) is 0.575. The SMILES string of the molecule is CN(C(=O)c1cnn(C(C)(C)C)c1)C1CCNC1.Cl. The maximum atomic E-state index is 12.3. The molecule has 1 aromatic rings. The Labute approximate surface area is 120 Å². The molecule has 1 N–H and O–H groups in total. The fraction of sp³-hybridized carbons (Fsp3) is 0.692. The number of aromatic nitrogens is 2.